The second kappa shape index (κ2) is 4.93. The molecule has 0 aromatic carbocycles. The predicted octanol–water partition coefficient (Wildman–Crippen LogP) is 1.59. The molecule has 5 heteroatoms. The Kier molecular flexibility index (Phi) is 3.56. The average molecular weight is 225 g/mol. The molecule has 0 atom stereocenters. The number of nitrogens with one attached hydrogen (secondary N) is 1. The summed E-state index contributed by atoms with van der Waals surface area (Å²) in [4.78, 5) is 4.41. The maximum Gasteiger partial charge on any atom is 0.240 e. The van der Waals surface area contributed by atoms with E-state index < -0.39 is 0 Å². The van der Waals surface area contributed by atoms with Gasteiger partial charge in [0.05, 0.1) is 6.54 Å². The SMILES string of the molecule is CCOC1(c2noc(CNC)n2)CCCC1. The standard InChI is InChI=1S/C11H19N3O2/c1-3-15-11(6-4-5-7-11)10-13-9(8-12-2)16-14-10/h12H,3-8H2,1-2H3. The molecule has 1 aliphatic rings. The summed E-state index contributed by atoms with van der Waals surface area (Å²) in [6.45, 7) is 3.31. The van der Waals surface area contributed by atoms with Gasteiger partial charge in [-0.05, 0) is 39.7 Å². The number of hydrogen-bond acceptors (Lipinski definition) is 5. The summed E-state index contributed by atoms with van der Waals surface area (Å²) in [5, 5.41) is 7.05. The first-order chi connectivity index (χ1) is 7.80. The minimum atomic E-state index is -0.287. The normalized spacial score (nSPS) is 19.1. The van der Waals surface area contributed by atoms with Gasteiger partial charge in [0.25, 0.3) is 0 Å². The van der Waals surface area contributed by atoms with Crippen molar-refractivity contribution in [2.75, 3.05) is 13.7 Å². The van der Waals surface area contributed by atoms with Gasteiger partial charge in [-0.1, -0.05) is 5.16 Å². The van der Waals surface area contributed by atoms with Gasteiger partial charge in [-0.3, -0.25) is 0 Å². The highest BCUT2D eigenvalue weighted by Gasteiger charge is 2.40. The second-order valence-corrected chi connectivity index (χ2v) is 4.18. The zero-order valence-electron chi connectivity index (χ0n) is 9.95. The maximum atomic E-state index is 5.86. The molecular formula is C11H19N3O2. The van der Waals surface area contributed by atoms with Crippen LogP contribution in [0.25, 0.3) is 0 Å². The zero-order valence-corrected chi connectivity index (χ0v) is 9.95. The van der Waals surface area contributed by atoms with Crippen molar-refractivity contribution in [1.29, 1.82) is 0 Å². The summed E-state index contributed by atoms with van der Waals surface area (Å²) in [5.74, 6) is 1.35. The fraction of sp³-hybridized carbons (Fsp3) is 0.818. The molecule has 1 heterocycles. The average Bonchev–Trinajstić information content (AvgIpc) is 2.88. The summed E-state index contributed by atoms with van der Waals surface area (Å²) < 4.78 is 11.0. The van der Waals surface area contributed by atoms with Crippen molar-refractivity contribution >= 4 is 0 Å². The quantitative estimate of drug-likeness (QED) is 0.824. The van der Waals surface area contributed by atoms with Crippen molar-refractivity contribution in [3.8, 4) is 0 Å². The van der Waals surface area contributed by atoms with Gasteiger partial charge < -0.3 is 14.6 Å². The number of rotatable bonds is 5. The number of aromatic nitrogens is 2. The molecule has 0 amide bonds. The van der Waals surface area contributed by atoms with E-state index in [1.807, 2.05) is 14.0 Å². The Bertz CT molecular complexity index is 332. The van der Waals surface area contributed by atoms with Crippen LogP contribution in [0, 0.1) is 0 Å². The van der Waals surface area contributed by atoms with Gasteiger partial charge in [-0.2, -0.15) is 4.98 Å². The highest BCUT2D eigenvalue weighted by Crippen LogP contribution is 2.40. The van der Waals surface area contributed by atoms with Crippen molar-refractivity contribution in [2.24, 2.45) is 0 Å². The molecule has 0 spiro atoms. The third kappa shape index (κ3) is 2.10. The van der Waals surface area contributed by atoms with Crippen LogP contribution in [0.2, 0.25) is 0 Å². The molecule has 5 nitrogen and oxygen atoms in total. The summed E-state index contributed by atoms with van der Waals surface area (Å²) in [6.07, 6.45) is 4.35. The Morgan fingerprint density at radius 2 is 2.19 bits per heavy atom. The predicted molar refractivity (Wildman–Crippen MR) is 58.8 cm³/mol. The van der Waals surface area contributed by atoms with Gasteiger partial charge in [0, 0.05) is 6.61 Å². The molecule has 1 aliphatic carbocycles. The minimum absolute atomic E-state index is 0.287. The van der Waals surface area contributed by atoms with Crippen LogP contribution < -0.4 is 5.32 Å². The molecule has 16 heavy (non-hydrogen) atoms. The van der Waals surface area contributed by atoms with E-state index in [0.717, 1.165) is 18.7 Å². The summed E-state index contributed by atoms with van der Waals surface area (Å²) >= 11 is 0. The fourth-order valence-corrected chi connectivity index (χ4v) is 2.32. The molecule has 0 aliphatic heterocycles. The number of nitrogens with zero attached hydrogens (tertiary/aromatic N) is 2. The molecule has 1 fully saturated rings. The Morgan fingerprint density at radius 3 is 2.81 bits per heavy atom. The van der Waals surface area contributed by atoms with E-state index in [0.29, 0.717) is 19.0 Å². The van der Waals surface area contributed by atoms with Gasteiger partial charge >= 0.3 is 0 Å². The lowest BCUT2D eigenvalue weighted by Gasteiger charge is -2.24. The second-order valence-electron chi connectivity index (χ2n) is 4.18. The zero-order chi connectivity index (χ0) is 11.4. The molecule has 2 rings (SSSR count). The molecule has 1 N–H and O–H groups in total. The molecule has 0 unspecified atom stereocenters. The first-order valence-electron chi connectivity index (χ1n) is 5.92. The Hall–Kier alpha value is -0.940. The van der Waals surface area contributed by atoms with Crippen LogP contribution in [0.5, 0.6) is 0 Å². The van der Waals surface area contributed by atoms with Gasteiger partial charge in [0.2, 0.25) is 11.7 Å². The van der Waals surface area contributed by atoms with E-state index in [-0.39, 0.29) is 5.60 Å². The molecule has 1 aromatic rings. The molecule has 0 radical (unpaired) electrons. The highest BCUT2D eigenvalue weighted by atomic mass is 16.5. The van der Waals surface area contributed by atoms with E-state index in [4.69, 9.17) is 9.26 Å². The van der Waals surface area contributed by atoms with Crippen LogP contribution >= 0.6 is 0 Å². The van der Waals surface area contributed by atoms with Crippen molar-refractivity contribution in [3.63, 3.8) is 0 Å². The molecule has 0 bridgehead atoms. The largest absolute Gasteiger partial charge is 0.367 e. The first kappa shape index (κ1) is 11.5. The van der Waals surface area contributed by atoms with Gasteiger partial charge in [0.15, 0.2) is 0 Å². The lowest BCUT2D eigenvalue weighted by Crippen LogP contribution is -2.27. The summed E-state index contributed by atoms with van der Waals surface area (Å²) in [7, 11) is 1.86. The summed E-state index contributed by atoms with van der Waals surface area (Å²) in [6, 6.07) is 0. The Balaban J connectivity index is 2.18. The van der Waals surface area contributed by atoms with Crippen LogP contribution in [0.3, 0.4) is 0 Å². The van der Waals surface area contributed by atoms with E-state index in [1.54, 1.807) is 0 Å². The van der Waals surface area contributed by atoms with Crippen molar-refractivity contribution in [3.05, 3.63) is 11.7 Å². The lowest BCUT2D eigenvalue weighted by molar-refractivity contribution is -0.0469. The molecule has 90 valence electrons. The van der Waals surface area contributed by atoms with Crippen LogP contribution in [-0.4, -0.2) is 23.8 Å². The molecular weight excluding hydrogens is 206 g/mol. The van der Waals surface area contributed by atoms with E-state index >= 15 is 0 Å². The maximum absolute atomic E-state index is 5.86. The first-order valence-corrected chi connectivity index (χ1v) is 5.92. The van der Waals surface area contributed by atoms with Crippen molar-refractivity contribution in [1.82, 2.24) is 15.5 Å². The topological polar surface area (TPSA) is 60.2 Å². The van der Waals surface area contributed by atoms with E-state index in [1.165, 1.54) is 12.8 Å². The Morgan fingerprint density at radius 1 is 1.44 bits per heavy atom. The smallest absolute Gasteiger partial charge is 0.240 e. The fourth-order valence-electron chi connectivity index (χ4n) is 2.32. The van der Waals surface area contributed by atoms with Crippen LogP contribution in [0.4, 0.5) is 0 Å². The molecule has 0 saturated heterocycles. The van der Waals surface area contributed by atoms with Gasteiger partial charge in [-0.15, -0.1) is 0 Å². The van der Waals surface area contributed by atoms with Crippen LogP contribution in [-0.2, 0) is 16.9 Å². The van der Waals surface area contributed by atoms with E-state index in [2.05, 4.69) is 15.5 Å². The highest BCUT2D eigenvalue weighted by molar-refractivity contribution is 5.04. The number of ether oxygens (including phenoxy) is 1. The van der Waals surface area contributed by atoms with Crippen molar-refractivity contribution < 1.29 is 9.26 Å². The third-order valence-corrected chi connectivity index (χ3v) is 3.04. The monoisotopic (exact) mass is 225 g/mol. The van der Waals surface area contributed by atoms with Crippen LogP contribution in [0.1, 0.15) is 44.3 Å². The molecule has 1 aromatic heterocycles. The number of hydrogen-bond donors (Lipinski definition) is 1. The van der Waals surface area contributed by atoms with Crippen molar-refractivity contribution in [2.45, 2.75) is 44.8 Å². The van der Waals surface area contributed by atoms with Crippen LogP contribution in [0.15, 0.2) is 4.52 Å². The Labute approximate surface area is 95.6 Å². The lowest BCUT2D eigenvalue weighted by atomic mass is 10.0. The third-order valence-electron chi connectivity index (χ3n) is 3.04. The van der Waals surface area contributed by atoms with E-state index in [9.17, 15) is 0 Å². The summed E-state index contributed by atoms with van der Waals surface area (Å²) in [5.41, 5.74) is -0.287. The van der Waals surface area contributed by atoms with Gasteiger partial charge in [-0.25, -0.2) is 0 Å². The minimum Gasteiger partial charge on any atom is -0.367 e. The van der Waals surface area contributed by atoms with Gasteiger partial charge in [0.1, 0.15) is 5.60 Å². The molecule has 1 saturated carbocycles.